The van der Waals surface area contributed by atoms with Crippen LogP contribution < -0.4 is 16.8 Å². The van der Waals surface area contributed by atoms with Crippen LogP contribution in [0.5, 0.6) is 0 Å². The highest BCUT2D eigenvalue weighted by Crippen LogP contribution is 2.24. The van der Waals surface area contributed by atoms with Crippen LogP contribution in [0.4, 0.5) is 5.82 Å². The lowest BCUT2D eigenvalue weighted by Crippen LogP contribution is -2.44. The van der Waals surface area contributed by atoms with Crippen molar-refractivity contribution in [3.63, 3.8) is 0 Å². The zero-order valence-corrected chi connectivity index (χ0v) is 13.2. The van der Waals surface area contributed by atoms with Crippen LogP contribution >= 0.6 is 24.8 Å². The van der Waals surface area contributed by atoms with Crippen LogP contribution in [0.3, 0.4) is 0 Å². The summed E-state index contributed by atoms with van der Waals surface area (Å²) in [5, 5.41) is 12.5. The van der Waals surface area contributed by atoms with E-state index in [0.29, 0.717) is 31.6 Å². The molecule has 1 amide bonds. The summed E-state index contributed by atoms with van der Waals surface area (Å²) in [6.45, 7) is 0.358. The third-order valence-electron chi connectivity index (χ3n) is 3.62. The molecule has 0 radical (unpaired) electrons. The lowest BCUT2D eigenvalue weighted by atomic mass is 9.84. The number of nitrogen functional groups attached to an aromatic ring is 1. The molecule has 6 N–H and O–H groups in total. The number of aromatic nitrogens is 1. The average Bonchev–Trinajstić information content (AvgIpc) is 2.40. The minimum absolute atomic E-state index is 0. The smallest absolute Gasteiger partial charge is 0.223 e. The summed E-state index contributed by atoms with van der Waals surface area (Å²) in [5.41, 5.74) is 12.2. The van der Waals surface area contributed by atoms with E-state index in [0.717, 1.165) is 5.56 Å². The highest BCUT2D eigenvalue weighted by molar-refractivity contribution is 5.85. The fourth-order valence-electron chi connectivity index (χ4n) is 2.34. The number of amides is 1. The Balaban J connectivity index is 0.00000200. The molecule has 8 heteroatoms. The van der Waals surface area contributed by atoms with Crippen molar-refractivity contribution in [2.45, 2.75) is 38.0 Å². The number of pyridine rings is 1. The summed E-state index contributed by atoms with van der Waals surface area (Å²) in [4.78, 5) is 16.0. The first-order valence-electron chi connectivity index (χ1n) is 6.48. The lowest BCUT2D eigenvalue weighted by Gasteiger charge is -2.29. The van der Waals surface area contributed by atoms with Gasteiger partial charge in [0.25, 0.3) is 0 Å². The number of hydrogen-bond acceptors (Lipinski definition) is 5. The van der Waals surface area contributed by atoms with Gasteiger partial charge in [-0.3, -0.25) is 4.79 Å². The molecule has 1 fully saturated rings. The van der Waals surface area contributed by atoms with Crippen LogP contribution in [0.1, 0.15) is 24.8 Å². The van der Waals surface area contributed by atoms with E-state index < -0.39 is 6.10 Å². The van der Waals surface area contributed by atoms with Gasteiger partial charge in [-0.25, -0.2) is 4.98 Å². The van der Waals surface area contributed by atoms with Crippen LogP contribution in [0.25, 0.3) is 0 Å². The first-order valence-corrected chi connectivity index (χ1v) is 6.48. The van der Waals surface area contributed by atoms with Gasteiger partial charge in [-0.15, -0.1) is 24.8 Å². The molecule has 0 aliphatic heterocycles. The van der Waals surface area contributed by atoms with Crippen molar-refractivity contribution in [1.82, 2.24) is 10.3 Å². The summed E-state index contributed by atoms with van der Waals surface area (Å²) >= 11 is 0. The second-order valence-electron chi connectivity index (χ2n) is 5.01. The van der Waals surface area contributed by atoms with Crippen LogP contribution in [-0.4, -0.2) is 28.1 Å². The Labute approximate surface area is 136 Å². The van der Waals surface area contributed by atoms with Gasteiger partial charge in [0.2, 0.25) is 5.91 Å². The van der Waals surface area contributed by atoms with Crippen molar-refractivity contribution >= 4 is 36.5 Å². The van der Waals surface area contributed by atoms with Gasteiger partial charge in [0.1, 0.15) is 5.82 Å². The second kappa shape index (κ2) is 9.04. The Morgan fingerprint density at radius 2 is 2.14 bits per heavy atom. The number of rotatable bonds is 3. The maximum Gasteiger partial charge on any atom is 0.223 e. The summed E-state index contributed by atoms with van der Waals surface area (Å²) in [5.74, 6) is 0.190. The van der Waals surface area contributed by atoms with Crippen LogP contribution in [-0.2, 0) is 11.3 Å². The molecule has 0 aromatic carbocycles. The molecule has 21 heavy (non-hydrogen) atoms. The first kappa shape index (κ1) is 19.9. The van der Waals surface area contributed by atoms with E-state index in [1.807, 2.05) is 6.07 Å². The summed E-state index contributed by atoms with van der Waals surface area (Å²) < 4.78 is 0. The number of aliphatic hydroxyl groups excluding tert-OH is 1. The quantitative estimate of drug-likeness (QED) is 0.645. The molecular formula is C13H22Cl2N4O2. The van der Waals surface area contributed by atoms with Gasteiger partial charge in [0.15, 0.2) is 0 Å². The van der Waals surface area contributed by atoms with Gasteiger partial charge < -0.3 is 21.9 Å². The number of nitrogens with zero attached hydrogens (tertiary/aromatic N) is 1. The van der Waals surface area contributed by atoms with Gasteiger partial charge in [0.05, 0.1) is 6.10 Å². The molecule has 1 aliphatic carbocycles. The number of anilines is 1. The van der Waals surface area contributed by atoms with Gasteiger partial charge >= 0.3 is 0 Å². The standard InChI is InChI=1S/C13H20N4O2.2ClH/c14-10-4-3-8(6-11(10)18)13(19)17-7-9-2-1-5-16-12(9)15;;/h1-2,5,8,10-11,18H,3-4,6-7,14H2,(H2,15,16)(H,17,19);2*1H/t8-,10-,11-;;/m0../s1. The molecule has 3 atom stereocenters. The third-order valence-corrected chi connectivity index (χ3v) is 3.62. The van der Waals surface area contributed by atoms with E-state index >= 15 is 0 Å². The Morgan fingerprint density at radius 1 is 1.43 bits per heavy atom. The normalized spacial score (nSPS) is 24.4. The van der Waals surface area contributed by atoms with Crippen molar-refractivity contribution in [2.75, 3.05) is 5.73 Å². The predicted molar refractivity (Wildman–Crippen MR) is 86.3 cm³/mol. The monoisotopic (exact) mass is 336 g/mol. The van der Waals surface area contributed by atoms with Crippen molar-refractivity contribution in [3.8, 4) is 0 Å². The van der Waals surface area contributed by atoms with Crippen molar-refractivity contribution < 1.29 is 9.90 Å². The Hall–Kier alpha value is -1.08. The number of carbonyl (C=O) groups is 1. The fraction of sp³-hybridized carbons (Fsp3) is 0.538. The van der Waals surface area contributed by atoms with Crippen LogP contribution in [0.2, 0.25) is 0 Å². The molecule has 0 saturated heterocycles. The maximum atomic E-state index is 12.0. The van der Waals surface area contributed by atoms with E-state index in [1.54, 1.807) is 12.3 Å². The van der Waals surface area contributed by atoms with Crippen molar-refractivity contribution in [3.05, 3.63) is 23.9 Å². The maximum absolute atomic E-state index is 12.0. The molecule has 2 rings (SSSR count). The molecule has 1 aromatic rings. The summed E-state index contributed by atoms with van der Waals surface area (Å²) in [6.07, 6.45) is 2.84. The number of halogens is 2. The molecule has 1 aromatic heterocycles. The highest BCUT2D eigenvalue weighted by Gasteiger charge is 2.30. The Kier molecular flexibility index (Phi) is 8.58. The van der Waals surface area contributed by atoms with Gasteiger partial charge in [-0.05, 0) is 25.3 Å². The molecule has 1 aliphatic rings. The molecule has 0 unspecified atom stereocenters. The first-order chi connectivity index (χ1) is 9.08. The highest BCUT2D eigenvalue weighted by atomic mass is 35.5. The minimum Gasteiger partial charge on any atom is -0.391 e. The fourth-order valence-corrected chi connectivity index (χ4v) is 2.34. The third kappa shape index (κ3) is 5.32. The molecule has 6 nitrogen and oxygen atoms in total. The van der Waals surface area contributed by atoms with E-state index in [4.69, 9.17) is 11.5 Å². The molecule has 120 valence electrons. The van der Waals surface area contributed by atoms with Crippen molar-refractivity contribution in [1.29, 1.82) is 0 Å². The molecular weight excluding hydrogens is 315 g/mol. The summed E-state index contributed by atoms with van der Waals surface area (Å²) in [6, 6.07) is 3.40. The van der Waals surface area contributed by atoms with E-state index in [-0.39, 0.29) is 42.7 Å². The lowest BCUT2D eigenvalue weighted by molar-refractivity contribution is -0.127. The Bertz CT molecular complexity index is 462. The number of nitrogens with one attached hydrogen (secondary N) is 1. The number of carbonyl (C=O) groups excluding carboxylic acids is 1. The zero-order chi connectivity index (χ0) is 13.8. The predicted octanol–water partition coefficient (Wildman–Crippen LogP) is 0.612. The van der Waals surface area contributed by atoms with Gasteiger partial charge in [-0.2, -0.15) is 0 Å². The molecule has 0 spiro atoms. The molecule has 0 bridgehead atoms. The SMILES string of the molecule is Cl.Cl.Nc1ncccc1CNC(=O)[C@H]1CC[C@H](N)[C@@H](O)C1. The second-order valence-corrected chi connectivity index (χ2v) is 5.01. The van der Waals surface area contributed by atoms with E-state index in [9.17, 15) is 9.90 Å². The van der Waals surface area contributed by atoms with Gasteiger partial charge in [-0.1, -0.05) is 6.07 Å². The van der Waals surface area contributed by atoms with E-state index in [2.05, 4.69) is 10.3 Å². The zero-order valence-electron chi connectivity index (χ0n) is 11.6. The van der Waals surface area contributed by atoms with E-state index in [1.165, 1.54) is 0 Å². The number of hydrogen-bond donors (Lipinski definition) is 4. The Morgan fingerprint density at radius 3 is 2.76 bits per heavy atom. The molecule has 1 heterocycles. The van der Waals surface area contributed by atoms with Gasteiger partial charge in [0, 0.05) is 30.3 Å². The topological polar surface area (TPSA) is 114 Å². The van der Waals surface area contributed by atoms with Crippen LogP contribution in [0.15, 0.2) is 18.3 Å². The minimum atomic E-state index is -0.590. The summed E-state index contributed by atoms with van der Waals surface area (Å²) in [7, 11) is 0. The molecule has 1 saturated carbocycles. The largest absolute Gasteiger partial charge is 0.391 e. The van der Waals surface area contributed by atoms with Crippen molar-refractivity contribution in [2.24, 2.45) is 11.7 Å². The number of nitrogens with two attached hydrogens (primary N) is 2. The number of aliphatic hydroxyl groups is 1. The van der Waals surface area contributed by atoms with Crippen LogP contribution in [0, 0.1) is 5.92 Å². The average molecular weight is 337 g/mol.